The van der Waals surface area contributed by atoms with Crippen molar-refractivity contribution in [2.45, 2.75) is 64.6 Å². The second kappa shape index (κ2) is 9.78. The highest BCUT2D eigenvalue weighted by Gasteiger charge is 2.19. The van der Waals surface area contributed by atoms with Crippen molar-refractivity contribution in [3.8, 4) is 5.75 Å². The highest BCUT2D eigenvalue weighted by atomic mass is 16.7. The van der Waals surface area contributed by atoms with Gasteiger partial charge in [0.2, 0.25) is 6.29 Å². The van der Waals surface area contributed by atoms with Crippen LogP contribution in [-0.4, -0.2) is 12.9 Å². The van der Waals surface area contributed by atoms with Gasteiger partial charge in [-0.3, -0.25) is 0 Å². The van der Waals surface area contributed by atoms with Gasteiger partial charge in [-0.15, -0.1) is 0 Å². The average Bonchev–Trinajstić information content (AvgIpc) is 3.20. The van der Waals surface area contributed by atoms with Gasteiger partial charge in [0.15, 0.2) is 0 Å². The molecule has 1 aliphatic rings. The van der Waals surface area contributed by atoms with Crippen LogP contribution in [0.25, 0.3) is 0 Å². The van der Waals surface area contributed by atoms with E-state index in [1.54, 1.807) is 0 Å². The van der Waals surface area contributed by atoms with Gasteiger partial charge in [0.25, 0.3) is 0 Å². The molecule has 2 atom stereocenters. The molecule has 2 aromatic carbocycles. The fraction of sp³-hybridized carbons (Fsp3) is 0.500. The summed E-state index contributed by atoms with van der Waals surface area (Å²) in [6.07, 6.45) is 6.98. The number of hydrogen-bond donors (Lipinski definition) is 0. The first kappa shape index (κ1) is 19.0. The molecule has 0 aromatic heterocycles. The van der Waals surface area contributed by atoms with E-state index in [0.717, 1.165) is 25.2 Å². The van der Waals surface area contributed by atoms with Gasteiger partial charge in [-0.2, -0.15) is 0 Å². The van der Waals surface area contributed by atoms with Gasteiger partial charge in [0.05, 0.1) is 6.61 Å². The van der Waals surface area contributed by atoms with E-state index >= 15 is 0 Å². The zero-order chi connectivity index (χ0) is 18.2. The highest BCUT2D eigenvalue weighted by Crippen LogP contribution is 2.26. The van der Waals surface area contributed by atoms with E-state index in [9.17, 15) is 0 Å². The molecule has 0 heterocycles. The van der Waals surface area contributed by atoms with Crippen LogP contribution in [0.15, 0.2) is 54.6 Å². The van der Waals surface area contributed by atoms with E-state index in [2.05, 4.69) is 62.4 Å². The third-order valence-corrected chi connectivity index (χ3v) is 5.57. The van der Waals surface area contributed by atoms with Crippen LogP contribution >= 0.6 is 0 Å². The Kier molecular flexibility index (Phi) is 7.13. The van der Waals surface area contributed by atoms with Gasteiger partial charge in [0.1, 0.15) is 5.75 Å². The molecule has 2 unspecified atom stereocenters. The SMILES string of the molecule is CCC(C)c1ccc(OC(Cc2ccccc2)OCC2CCCC2)cc1. The molecular weight excluding hydrogens is 320 g/mol. The first-order chi connectivity index (χ1) is 12.7. The summed E-state index contributed by atoms with van der Waals surface area (Å²) in [5, 5.41) is 0. The minimum Gasteiger partial charge on any atom is -0.465 e. The average molecular weight is 353 g/mol. The smallest absolute Gasteiger partial charge is 0.203 e. The van der Waals surface area contributed by atoms with Crippen molar-refractivity contribution >= 4 is 0 Å². The first-order valence-corrected chi connectivity index (χ1v) is 10.2. The summed E-state index contributed by atoms with van der Waals surface area (Å²) in [7, 11) is 0. The molecule has 0 N–H and O–H groups in total. The van der Waals surface area contributed by atoms with Crippen LogP contribution in [0, 0.1) is 5.92 Å². The molecule has 0 radical (unpaired) electrons. The summed E-state index contributed by atoms with van der Waals surface area (Å²) in [6, 6.07) is 19.0. The summed E-state index contributed by atoms with van der Waals surface area (Å²) in [4.78, 5) is 0. The molecule has 1 saturated carbocycles. The van der Waals surface area contributed by atoms with Crippen LogP contribution in [0.2, 0.25) is 0 Å². The zero-order valence-corrected chi connectivity index (χ0v) is 16.2. The Morgan fingerprint density at radius 1 is 0.962 bits per heavy atom. The van der Waals surface area contributed by atoms with Crippen LogP contribution in [0.1, 0.15) is 63.0 Å². The van der Waals surface area contributed by atoms with Crippen molar-refractivity contribution in [2.24, 2.45) is 5.92 Å². The van der Waals surface area contributed by atoms with Crippen molar-refractivity contribution in [3.05, 3.63) is 65.7 Å². The van der Waals surface area contributed by atoms with E-state index in [4.69, 9.17) is 9.47 Å². The lowest BCUT2D eigenvalue weighted by molar-refractivity contribution is -0.0899. The van der Waals surface area contributed by atoms with Gasteiger partial charge in [-0.05, 0) is 54.4 Å². The van der Waals surface area contributed by atoms with Crippen LogP contribution < -0.4 is 4.74 Å². The Bertz CT molecular complexity index is 629. The number of ether oxygens (including phenoxy) is 2. The Hall–Kier alpha value is -1.80. The molecule has 1 aliphatic carbocycles. The molecule has 2 nitrogen and oxygen atoms in total. The van der Waals surface area contributed by atoms with Crippen LogP contribution in [-0.2, 0) is 11.2 Å². The van der Waals surface area contributed by atoms with E-state index < -0.39 is 0 Å². The Morgan fingerprint density at radius 2 is 1.65 bits per heavy atom. The van der Waals surface area contributed by atoms with Gasteiger partial charge in [-0.25, -0.2) is 0 Å². The summed E-state index contributed by atoms with van der Waals surface area (Å²) in [6.45, 7) is 5.29. The summed E-state index contributed by atoms with van der Waals surface area (Å²) in [5.74, 6) is 2.18. The second-order valence-electron chi connectivity index (χ2n) is 7.60. The minimum atomic E-state index is -0.229. The molecule has 140 valence electrons. The van der Waals surface area contributed by atoms with Gasteiger partial charge < -0.3 is 9.47 Å². The molecule has 1 fully saturated rings. The Morgan fingerprint density at radius 3 is 2.31 bits per heavy atom. The molecule has 0 amide bonds. The quantitative estimate of drug-likeness (QED) is 0.489. The normalized spacial score (nSPS) is 17.2. The fourth-order valence-corrected chi connectivity index (χ4v) is 3.62. The van der Waals surface area contributed by atoms with Crippen molar-refractivity contribution in [3.63, 3.8) is 0 Å². The molecule has 0 spiro atoms. The third-order valence-electron chi connectivity index (χ3n) is 5.57. The lowest BCUT2D eigenvalue weighted by Gasteiger charge is -2.22. The van der Waals surface area contributed by atoms with E-state index in [0.29, 0.717) is 11.8 Å². The van der Waals surface area contributed by atoms with Crippen LogP contribution in [0.3, 0.4) is 0 Å². The van der Waals surface area contributed by atoms with Crippen molar-refractivity contribution in [1.82, 2.24) is 0 Å². The number of hydrogen-bond acceptors (Lipinski definition) is 2. The Labute approximate surface area is 158 Å². The topological polar surface area (TPSA) is 18.5 Å². The molecule has 0 aliphatic heterocycles. The van der Waals surface area contributed by atoms with Crippen LogP contribution in [0.5, 0.6) is 5.75 Å². The molecule has 0 bridgehead atoms. The third kappa shape index (κ3) is 5.60. The largest absolute Gasteiger partial charge is 0.465 e. The summed E-state index contributed by atoms with van der Waals surface area (Å²) < 4.78 is 12.4. The summed E-state index contributed by atoms with van der Waals surface area (Å²) in [5.41, 5.74) is 2.62. The highest BCUT2D eigenvalue weighted by molar-refractivity contribution is 5.29. The molecule has 2 heteroatoms. The van der Waals surface area contributed by atoms with Gasteiger partial charge in [0, 0.05) is 6.42 Å². The maximum Gasteiger partial charge on any atom is 0.203 e. The van der Waals surface area contributed by atoms with Gasteiger partial charge >= 0.3 is 0 Å². The predicted octanol–water partition coefficient (Wildman–Crippen LogP) is 6.35. The maximum atomic E-state index is 6.22. The van der Waals surface area contributed by atoms with E-state index in [-0.39, 0.29) is 6.29 Å². The molecule has 26 heavy (non-hydrogen) atoms. The van der Waals surface area contributed by atoms with E-state index in [1.165, 1.54) is 36.8 Å². The Balaban J connectivity index is 1.63. The molecule has 3 rings (SSSR count). The monoisotopic (exact) mass is 352 g/mol. The predicted molar refractivity (Wildman–Crippen MR) is 108 cm³/mol. The van der Waals surface area contributed by atoms with Crippen molar-refractivity contribution < 1.29 is 9.47 Å². The number of rotatable bonds is 9. The fourth-order valence-electron chi connectivity index (χ4n) is 3.62. The number of benzene rings is 2. The second-order valence-corrected chi connectivity index (χ2v) is 7.60. The summed E-state index contributed by atoms with van der Waals surface area (Å²) >= 11 is 0. The van der Waals surface area contributed by atoms with Crippen molar-refractivity contribution in [1.29, 1.82) is 0 Å². The van der Waals surface area contributed by atoms with Crippen LogP contribution in [0.4, 0.5) is 0 Å². The zero-order valence-electron chi connectivity index (χ0n) is 16.2. The van der Waals surface area contributed by atoms with E-state index in [1.807, 2.05) is 6.07 Å². The van der Waals surface area contributed by atoms with Crippen molar-refractivity contribution in [2.75, 3.05) is 6.61 Å². The molecule has 0 saturated heterocycles. The standard InChI is InChI=1S/C24H32O2/c1-3-19(2)22-13-15-23(16-14-22)26-24(17-20-9-5-4-6-10-20)25-18-21-11-7-8-12-21/h4-6,9-10,13-16,19,21,24H,3,7-8,11-12,17-18H2,1-2H3. The van der Waals surface area contributed by atoms with Gasteiger partial charge in [-0.1, -0.05) is 69.2 Å². The minimum absolute atomic E-state index is 0.229. The first-order valence-electron chi connectivity index (χ1n) is 10.2. The maximum absolute atomic E-state index is 6.22. The lowest BCUT2D eigenvalue weighted by atomic mass is 9.99. The lowest BCUT2D eigenvalue weighted by Crippen LogP contribution is -2.26. The molecular formula is C24H32O2. The molecule has 2 aromatic rings.